The van der Waals surface area contributed by atoms with E-state index in [-0.39, 0.29) is 5.78 Å². The van der Waals surface area contributed by atoms with E-state index in [1.54, 1.807) is 26.0 Å². The number of benzene rings is 2. The highest BCUT2D eigenvalue weighted by atomic mass is 19.4. The summed E-state index contributed by atoms with van der Waals surface area (Å²) in [6, 6.07) is 7.87. The second-order valence-corrected chi connectivity index (χ2v) is 5.11. The molecule has 0 saturated heterocycles. The molecule has 0 amide bonds. The van der Waals surface area contributed by atoms with Crippen LogP contribution in [0.4, 0.5) is 13.2 Å². The molecule has 0 fully saturated rings. The summed E-state index contributed by atoms with van der Waals surface area (Å²) >= 11 is 0. The lowest BCUT2D eigenvalue weighted by molar-refractivity contribution is -0.137. The first-order chi connectivity index (χ1) is 10.2. The van der Waals surface area contributed by atoms with Gasteiger partial charge in [-0.2, -0.15) is 13.2 Å². The van der Waals surface area contributed by atoms with Crippen molar-refractivity contribution in [2.75, 3.05) is 0 Å². The zero-order valence-corrected chi connectivity index (χ0v) is 12.4. The fraction of sp³-hybridized carbons (Fsp3) is 0.235. The summed E-state index contributed by atoms with van der Waals surface area (Å²) < 4.78 is 43.1. The van der Waals surface area contributed by atoms with E-state index in [4.69, 9.17) is 4.74 Å². The predicted octanol–water partition coefficient (Wildman–Crippen LogP) is 5.32. The van der Waals surface area contributed by atoms with Crippen molar-refractivity contribution in [2.24, 2.45) is 0 Å². The van der Waals surface area contributed by atoms with E-state index < -0.39 is 11.7 Å². The van der Waals surface area contributed by atoms with Crippen LogP contribution in [0.5, 0.6) is 11.5 Å². The third kappa shape index (κ3) is 3.47. The van der Waals surface area contributed by atoms with Gasteiger partial charge in [0.1, 0.15) is 11.5 Å². The Balaban J connectivity index is 2.26. The Labute approximate surface area is 126 Å². The molecule has 5 heteroatoms. The molecular formula is C17H15F3O2. The third-order valence-corrected chi connectivity index (χ3v) is 3.28. The van der Waals surface area contributed by atoms with Crippen LogP contribution < -0.4 is 4.74 Å². The molecule has 0 aromatic heterocycles. The largest absolute Gasteiger partial charge is 0.457 e. The fourth-order valence-electron chi connectivity index (χ4n) is 2.39. The molecule has 0 aliphatic rings. The summed E-state index contributed by atoms with van der Waals surface area (Å²) in [4.78, 5) is 11.5. The molecule has 22 heavy (non-hydrogen) atoms. The van der Waals surface area contributed by atoms with Gasteiger partial charge in [0, 0.05) is 5.56 Å². The molecule has 0 radical (unpaired) electrons. The Morgan fingerprint density at radius 1 is 0.955 bits per heavy atom. The fourth-order valence-corrected chi connectivity index (χ4v) is 2.39. The lowest BCUT2D eigenvalue weighted by atomic mass is 9.99. The van der Waals surface area contributed by atoms with Crippen LogP contribution in [0.15, 0.2) is 36.4 Å². The number of hydrogen-bond donors (Lipinski definition) is 0. The zero-order chi connectivity index (χ0) is 16.5. The SMILES string of the molecule is CC(=O)c1c(C)cc(Oc2ccc(C(F)(F)F)cc2)cc1C. The van der Waals surface area contributed by atoms with Gasteiger partial charge in [0.2, 0.25) is 0 Å². The normalized spacial score (nSPS) is 11.4. The Bertz CT molecular complexity index is 678. The van der Waals surface area contributed by atoms with E-state index in [2.05, 4.69) is 0 Å². The minimum Gasteiger partial charge on any atom is -0.457 e. The quantitative estimate of drug-likeness (QED) is 0.718. The number of ketones is 1. The highest BCUT2D eigenvalue weighted by Crippen LogP contribution is 2.32. The van der Waals surface area contributed by atoms with Crippen LogP contribution in [0.1, 0.15) is 34.0 Å². The average Bonchev–Trinajstić information content (AvgIpc) is 2.36. The van der Waals surface area contributed by atoms with Crippen LogP contribution in [0.3, 0.4) is 0 Å². The van der Waals surface area contributed by atoms with Crippen molar-refractivity contribution >= 4 is 5.78 Å². The number of rotatable bonds is 3. The van der Waals surface area contributed by atoms with Gasteiger partial charge in [-0.25, -0.2) is 0 Å². The predicted molar refractivity (Wildman–Crippen MR) is 77.4 cm³/mol. The highest BCUT2D eigenvalue weighted by Gasteiger charge is 2.30. The molecule has 0 atom stereocenters. The smallest absolute Gasteiger partial charge is 0.416 e. The molecule has 2 nitrogen and oxygen atoms in total. The topological polar surface area (TPSA) is 26.3 Å². The second kappa shape index (κ2) is 5.83. The minimum atomic E-state index is -4.37. The van der Waals surface area contributed by atoms with Crippen LogP contribution in [0, 0.1) is 13.8 Å². The van der Waals surface area contributed by atoms with E-state index in [1.807, 2.05) is 0 Å². The van der Waals surface area contributed by atoms with Crippen molar-refractivity contribution in [3.8, 4) is 11.5 Å². The number of carbonyl (C=O) groups is 1. The first-order valence-electron chi connectivity index (χ1n) is 6.66. The Hall–Kier alpha value is -2.30. The molecule has 0 bridgehead atoms. The van der Waals surface area contributed by atoms with Gasteiger partial charge in [0.25, 0.3) is 0 Å². The van der Waals surface area contributed by atoms with Gasteiger partial charge >= 0.3 is 6.18 Å². The molecular weight excluding hydrogens is 293 g/mol. The first kappa shape index (κ1) is 16.1. The van der Waals surface area contributed by atoms with E-state index in [9.17, 15) is 18.0 Å². The molecule has 0 aliphatic carbocycles. The maximum atomic E-state index is 12.5. The molecule has 2 rings (SSSR count). The lowest BCUT2D eigenvalue weighted by Gasteiger charge is -2.12. The number of Topliss-reactive ketones (excluding diaryl/α,β-unsaturated/α-hetero) is 1. The van der Waals surface area contributed by atoms with Crippen molar-refractivity contribution in [3.05, 3.63) is 58.7 Å². The van der Waals surface area contributed by atoms with Gasteiger partial charge in [-0.1, -0.05) is 0 Å². The maximum Gasteiger partial charge on any atom is 0.416 e. The minimum absolute atomic E-state index is 0.0314. The van der Waals surface area contributed by atoms with Crippen LogP contribution >= 0.6 is 0 Å². The number of aryl methyl sites for hydroxylation is 2. The molecule has 0 aliphatic heterocycles. The Morgan fingerprint density at radius 3 is 1.86 bits per heavy atom. The van der Waals surface area contributed by atoms with Gasteiger partial charge < -0.3 is 4.74 Å². The van der Waals surface area contributed by atoms with E-state index in [0.29, 0.717) is 17.1 Å². The van der Waals surface area contributed by atoms with Crippen LogP contribution in [-0.2, 0) is 6.18 Å². The van der Waals surface area contributed by atoms with Crippen LogP contribution in [0.2, 0.25) is 0 Å². The number of hydrogen-bond acceptors (Lipinski definition) is 2. The van der Waals surface area contributed by atoms with Gasteiger partial charge in [-0.15, -0.1) is 0 Å². The number of alkyl halides is 3. The number of halogens is 3. The first-order valence-corrected chi connectivity index (χ1v) is 6.66. The Kier molecular flexibility index (Phi) is 4.26. The van der Waals surface area contributed by atoms with Crippen molar-refractivity contribution in [1.29, 1.82) is 0 Å². The summed E-state index contributed by atoms with van der Waals surface area (Å²) in [7, 11) is 0. The third-order valence-electron chi connectivity index (χ3n) is 3.28. The van der Waals surface area contributed by atoms with E-state index in [1.165, 1.54) is 19.1 Å². The molecule has 2 aromatic carbocycles. The zero-order valence-electron chi connectivity index (χ0n) is 12.4. The van der Waals surface area contributed by atoms with Crippen molar-refractivity contribution in [2.45, 2.75) is 26.9 Å². The average molecular weight is 308 g/mol. The molecule has 0 spiro atoms. The van der Waals surface area contributed by atoms with Gasteiger partial charge in [-0.05, 0) is 68.3 Å². The maximum absolute atomic E-state index is 12.5. The van der Waals surface area contributed by atoms with Crippen molar-refractivity contribution < 1.29 is 22.7 Å². The van der Waals surface area contributed by atoms with E-state index in [0.717, 1.165) is 23.3 Å². The van der Waals surface area contributed by atoms with Crippen molar-refractivity contribution in [3.63, 3.8) is 0 Å². The van der Waals surface area contributed by atoms with Crippen LogP contribution in [-0.4, -0.2) is 5.78 Å². The lowest BCUT2D eigenvalue weighted by Crippen LogP contribution is -2.04. The summed E-state index contributed by atoms with van der Waals surface area (Å²) in [5.74, 6) is 0.762. The summed E-state index contributed by atoms with van der Waals surface area (Å²) in [6.45, 7) is 5.08. The molecule has 0 saturated carbocycles. The van der Waals surface area contributed by atoms with Gasteiger partial charge in [0.05, 0.1) is 5.56 Å². The highest BCUT2D eigenvalue weighted by molar-refractivity contribution is 5.97. The molecule has 116 valence electrons. The standard InChI is InChI=1S/C17H15F3O2/c1-10-8-15(9-11(2)16(10)12(3)21)22-14-6-4-13(5-7-14)17(18,19)20/h4-9H,1-3H3. The molecule has 0 N–H and O–H groups in total. The van der Waals surface area contributed by atoms with Crippen molar-refractivity contribution in [1.82, 2.24) is 0 Å². The summed E-state index contributed by atoms with van der Waals surface area (Å²) in [6.07, 6.45) is -4.37. The number of ether oxygens (including phenoxy) is 1. The van der Waals surface area contributed by atoms with Gasteiger partial charge in [-0.3, -0.25) is 4.79 Å². The van der Waals surface area contributed by atoms with Crippen LogP contribution in [0.25, 0.3) is 0 Å². The van der Waals surface area contributed by atoms with E-state index >= 15 is 0 Å². The second-order valence-electron chi connectivity index (χ2n) is 5.11. The molecule has 2 aromatic rings. The molecule has 0 heterocycles. The summed E-state index contributed by atoms with van der Waals surface area (Å²) in [5.41, 5.74) is 1.46. The molecule has 0 unspecified atom stereocenters. The monoisotopic (exact) mass is 308 g/mol. The Morgan fingerprint density at radius 2 is 1.45 bits per heavy atom. The van der Waals surface area contributed by atoms with Gasteiger partial charge in [0.15, 0.2) is 5.78 Å². The summed E-state index contributed by atoms with van der Waals surface area (Å²) in [5, 5.41) is 0. The number of carbonyl (C=O) groups excluding carboxylic acids is 1.